The van der Waals surface area contributed by atoms with Crippen molar-refractivity contribution in [3.05, 3.63) is 94.6 Å². The maximum Gasteiger partial charge on any atom is 0.300 e. The first-order chi connectivity index (χ1) is 17.2. The van der Waals surface area contributed by atoms with Crippen molar-refractivity contribution >= 4 is 23.1 Å². The smallest absolute Gasteiger partial charge is 0.300 e. The summed E-state index contributed by atoms with van der Waals surface area (Å²) >= 11 is 0. The van der Waals surface area contributed by atoms with Gasteiger partial charge < -0.3 is 14.6 Å². The quantitative estimate of drug-likeness (QED) is 0.253. The molecule has 1 saturated heterocycles. The van der Waals surface area contributed by atoms with Gasteiger partial charge in [-0.05, 0) is 72.9 Å². The van der Waals surface area contributed by atoms with Crippen LogP contribution in [0.2, 0.25) is 0 Å². The number of carbonyl (C=O) groups is 2. The Labute approximate surface area is 211 Å². The van der Waals surface area contributed by atoms with Crippen LogP contribution in [0.25, 0.3) is 5.76 Å². The van der Waals surface area contributed by atoms with E-state index in [-0.39, 0.29) is 11.3 Å². The Morgan fingerprint density at radius 3 is 2.28 bits per heavy atom. The average Bonchev–Trinajstić information content (AvgIpc) is 3.13. The molecule has 1 heterocycles. The van der Waals surface area contributed by atoms with Crippen LogP contribution in [0.3, 0.4) is 0 Å². The highest BCUT2D eigenvalue weighted by Crippen LogP contribution is 2.43. The summed E-state index contributed by atoms with van der Waals surface area (Å²) in [4.78, 5) is 28.2. The second kappa shape index (κ2) is 10.3. The number of hydrogen-bond acceptors (Lipinski definition) is 5. The van der Waals surface area contributed by atoms with E-state index in [9.17, 15) is 14.7 Å². The molecule has 186 valence electrons. The van der Waals surface area contributed by atoms with Gasteiger partial charge in [-0.1, -0.05) is 44.2 Å². The number of hydrogen-bond donors (Lipinski definition) is 1. The summed E-state index contributed by atoms with van der Waals surface area (Å²) in [6.07, 6.45) is 0. The van der Waals surface area contributed by atoms with Crippen LogP contribution in [-0.4, -0.2) is 30.5 Å². The number of aryl methyl sites for hydroxylation is 2. The highest BCUT2D eigenvalue weighted by Gasteiger charge is 2.47. The summed E-state index contributed by atoms with van der Waals surface area (Å²) < 4.78 is 11.1. The summed E-state index contributed by atoms with van der Waals surface area (Å²) in [5.41, 5.74) is 3.48. The molecule has 4 rings (SSSR count). The lowest BCUT2D eigenvalue weighted by Crippen LogP contribution is -2.30. The second-order valence-electron chi connectivity index (χ2n) is 9.41. The van der Waals surface area contributed by atoms with Gasteiger partial charge in [0.2, 0.25) is 0 Å². The maximum atomic E-state index is 13.4. The van der Waals surface area contributed by atoms with E-state index in [1.807, 2.05) is 50.2 Å². The fraction of sp³-hybridized carbons (Fsp3) is 0.267. The van der Waals surface area contributed by atoms with E-state index in [1.54, 1.807) is 37.4 Å². The molecule has 3 aromatic carbocycles. The minimum Gasteiger partial charge on any atom is -0.507 e. The number of para-hydroxylation sites is 1. The van der Waals surface area contributed by atoms with Gasteiger partial charge in [0.15, 0.2) is 0 Å². The summed E-state index contributed by atoms with van der Waals surface area (Å²) in [5.74, 6) is 0.115. The molecule has 6 heteroatoms. The van der Waals surface area contributed by atoms with Gasteiger partial charge in [-0.3, -0.25) is 14.5 Å². The van der Waals surface area contributed by atoms with Crippen LogP contribution < -0.4 is 14.4 Å². The SMILES string of the molecule is COc1ccc(C2/C(=C(/O)c3ccc(OCC(C)C)c(C)c3)C(=O)C(=O)N2c2ccccc2C)cc1. The standard InChI is InChI=1S/C30H31NO5/c1-18(2)17-36-25-15-12-22(16-20(25)4)28(32)26-27(21-10-13-23(35-5)14-11-21)31(30(34)29(26)33)24-9-7-6-8-19(24)3/h6-16,18,27,32H,17H2,1-5H3/b28-26-. The predicted molar refractivity (Wildman–Crippen MR) is 140 cm³/mol. The highest BCUT2D eigenvalue weighted by atomic mass is 16.5. The first-order valence-corrected chi connectivity index (χ1v) is 12.0. The van der Waals surface area contributed by atoms with Gasteiger partial charge in [0.05, 0.1) is 25.3 Å². The summed E-state index contributed by atoms with van der Waals surface area (Å²) in [7, 11) is 1.57. The monoisotopic (exact) mass is 485 g/mol. The fourth-order valence-corrected chi connectivity index (χ4v) is 4.39. The Morgan fingerprint density at radius 1 is 0.972 bits per heavy atom. The van der Waals surface area contributed by atoms with Gasteiger partial charge >= 0.3 is 0 Å². The van der Waals surface area contributed by atoms with Crippen LogP contribution in [0, 0.1) is 19.8 Å². The molecule has 0 radical (unpaired) electrons. The molecule has 1 aliphatic rings. The van der Waals surface area contributed by atoms with Crippen LogP contribution in [0.4, 0.5) is 5.69 Å². The third kappa shape index (κ3) is 4.71. The largest absolute Gasteiger partial charge is 0.507 e. The van der Waals surface area contributed by atoms with Crippen molar-refractivity contribution < 1.29 is 24.2 Å². The third-order valence-corrected chi connectivity index (χ3v) is 6.27. The van der Waals surface area contributed by atoms with E-state index >= 15 is 0 Å². The van der Waals surface area contributed by atoms with Crippen molar-refractivity contribution in [2.45, 2.75) is 33.7 Å². The fourth-order valence-electron chi connectivity index (χ4n) is 4.39. The van der Waals surface area contributed by atoms with Crippen molar-refractivity contribution in [3.8, 4) is 11.5 Å². The second-order valence-corrected chi connectivity index (χ2v) is 9.41. The van der Waals surface area contributed by atoms with Crippen molar-refractivity contribution in [2.24, 2.45) is 5.92 Å². The summed E-state index contributed by atoms with van der Waals surface area (Å²) in [6.45, 7) is 8.49. The molecule has 0 bridgehead atoms. The van der Waals surface area contributed by atoms with Crippen molar-refractivity contribution in [2.75, 3.05) is 18.6 Å². The van der Waals surface area contributed by atoms with Crippen LogP contribution >= 0.6 is 0 Å². The van der Waals surface area contributed by atoms with Gasteiger partial charge in [-0.15, -0.1) is 0 Å². The molecule has 1 fully saturated rings. The lowest BCUT2D eigenvalue weighted by Gasteiger charge is -2.27. The Balaban J connectivity index is 1.86. The van der Waals surface area contributed by atoms with Gasteiger partial charge in [0.1, 0.15) is 17.3 Å². The molecule has 1 aliphatic heterocycles. The van der Waals surface area contributed by atoms with E-state index < -0.39 is 17.7 Å². The zero-order valence-corrected chi connectivity index (χ0v) is 21.2. The van der Waals surface area contributed by atoms with E-state index in [0.717, 1.165) is 11.1 Å². The number of ether oxygens (including phenoxy) is 2. The lowest BCUT2D eigenvalue weighted by atomic mass is 9.94. The van der Waals surface area contributed by atoms with Gasteiger partial charge in [0, 0.05) is 11.3 Å². The van der Waals surface area contributed by atoms with Crippen LogP contribution in [0.5, 0.6) is 11.5 Å². The topological polar surface area (TPSA) is 76.1 Å². The Bertz CT molecular complexity index is 1320. The zero-order valence-electron chi connectivity index (χ0n) is 21.2. The van der Waals surface area contributed by atoms with Crippen LogP contribution in [0.1, 0.15) is 42.1 Å². The predicted octanol–water partition coefficient (Wildman–Crippen LogP) is 5.97. The van der Waals surface area contributed by atoms with Crippen LogP contribution in [-0.2, 0) is 9.59 Å². The first-order valence-electron chi connectivity index (χ1n) is 12.0. The lowest BCUT2D eigenvalue weighted by molar-refractivity contribution is -0.132. The molecular formula is C30H31NO5. The number of rotatable bonds is 7. The molecule has 0 aliphatic carbocycles. The molecule has 1 N–H and O–H groups in total. The van der Waals surface area contributed by atoms with E-state index in [0.29, 0.717) is 40.8 Å². The highest BCUT2D eigenvalue weighted by molar-refractivity contribution is 6.51. The van der Waals surface area contributed by atoms with E-state index in [2.05, 4.69) is 13.8 Å². The Morgan fingerprint density at radius 2 is 1.67 bits per heavy atom. The number of ketones is 1. The molecule has 3 aromatic rings. The molecule has 36 heavy (non-hydrogen) atoms. The van der Waals surface area contributed by atoms with E-state index in [1.165, 1.54) is 4.90 Å². The van der Waals surface area contributed by atoms with E-state index in [4.69, 9.17) is 9.47 Å². The molecule has 0 spiro atoms. The molecule has 1 unspecified atom stereocenters. The van der Waals surface area contributed by atoms with Crippen molar-refractivity contribution in [1.82, 2.24) is 0 Å². The van der Waals surface area contributed by atoms with Gasteiger partial charge in [-0.25, -0.2) is 0 Å². The average molecular weight is 486 g/mol. The molecule has 6 nitrogen and oxygen atoms in total. The number of aliphatic hydroxyl groups is 1. The minimum absolute atomic E-state index is 0.0451. The Kier molecular flexibility index (Phi) is 7.15. The van der Waals surface area contributed by atoms with Crippen molar-refractivity contribution in [3.63, 3.8) is 0 Å². The molecule has 1 amide bonds. The third-order valence-electron chi connectivity index (χ3n) is 6.27. The number of aliphatic hydroxyl groups excluding tert-OH is 1. The number of nitrogens with zero attached hydrogens (tertiary/aromatic N) is 1. The van der Waals surface area contributed by atoms with Crippen LogP contribution in [0.15, 0.2) is 72.3 Å². The number of carbonyl (C=O) groups excluding carboxylic acids is 2. The number of anilines is 1. The maximum absolute atomic E-state index is 13.4. The summed E-state index contributed by atoms with van der Waals surface area (Å²) in [5, 5.41) is 11.4. The molecular weight excluding hydrogens is 454 g/mol. The number of Topliss-reactive ketones (excluding diaryl/α,β-unsaturated/α-hetero) is 1. The van der Waals surface area contributed by atoms with Gasteiger partial charge in [0.25, 0.3) is 11.7 Å². The number of benzene rings is 3. The Hall–Kier alpha value is -4.06. The minimum atomic E-state index is -0.797. The van der Waals surface area contributed by atoms with Gasteiger partial charge in [-0.2, -0.15) is 0 Å². The number of methoxy groups -OCH3 is 1. The molecule has 0 aromatic heterocycles. The normalized spacial score (nSPS) is 17.1. The summed E-state index contributed by atoms with van der Waals surface area (Å²) in [6, 6.07) is 19.0. The molecule has 0 saturated carbocycles. The number of amides is 1. The molecule has 1 atom stereocenters. The van der Waals surface area contributed by atoms with Crippen molar-refractivity contribution in [1.29, 1.82) is 0 Å². The first kappa shape index (κ1) is 25.0. The zero-order chi connectivity index (χ0) is 26.0.